The van der Waals surface area contributed by atoms with Crippen LogP contribution in [0.4, 0.5) is 0 Å². The molecule has 1 aromatic rings. The molecule has 41 heavy (non-hydrogen) atoms. The highest BCUT2D eigenvalue weighted by molar-refractivity contribution is 5.94. The minimum atomic E-state index is -1.49. The van der Waals surface area contributed by atoms with Gasteiger partial charge in [-0.05, 0) is 36.0 Å². The van der Waals surface area contributed by atoms with Crippen LogP contribution < -0.4 is 11.1 Å². The van der Waals surface area contributed by atoms with Crippen LogP contribution in [0.2, 0.25) is 0 Å². The van der Waals surface area contributed by atoms with Gasteiger partial charge < -0.3 is 36.2 Å². The average molecular weight is 579 g/mol. The van der Waals surface area contributed by atoms with Crippen LogP contribution in [-0.4, -0.2) is 93.2 Å². The molecule has 0 aliphatic heterocycles. The number of carbonyl (C=O) groups is 4. The number of phenolic OH excluding ortho intramolecular Hbond substituents is 1. The number of rotatable bonds is 17. The summed E-state index contributed by atoms with van der Waals surface area (Å²) in [6.45, 7) is 9.20. The van der Waals surface area contributed by atoms with Gasteiger partial charge in [0.2, 0.25) is 11.8 Å². The van der Waals surface area contributed by atoms with Crippen LogP contribution in [0.1, 0.15) is 72.3 Å². The number of nitrogens with one attached hydrogen (secondary N) is 1. The molecule has 0 fully saturated rings. The van der Waals surface area contributed by atoms with Crippen molar-refractivity contribution in [1.29, 1.82) is 0 Å². The molecule has 0 spiro atoms. The first-order valence-electron chi connectivity index (χ1n) is 14.5. The fraction of sp³-hybridized carbons (Fsp3) is 0.667. The Bertz CT molecular complexity index is 1000. The number of aromatic hydroxyl groups is 1. The smallest absolute Gasteiger partial charge is 0.326 e. The summed E-state index contributed by atoms with van der Waals surface area (Å²) in [5.74, 6) is -3.70. The van der Waals surface area contributed by atoms with Crippen molar-refractivity contribution in [3.63, 3.8) is 0 Å². The molecule has 0 radical (unpaired) electrons. The lowest BCUT2D eigenvalue weighted by Crippen LogP contribution is -2.60. The number of carboxylic acid groups (broad SMARTS) is 1. The number of likely N-dealkylation sites (N-methyl/N-ethyl adjacent to an activating group) is 2. The van der Waals surface area contributed by atoms with E-state index in [4.69, 9.17) is 5.73 Å². The second-order valence-electron chi connectivity index (χ2n) is 11.3. The van der Waals surface area contributed by atoms with Crippen molar-refractivity contribution in [2.24, 2.45) is 17.6 Å². The van der Waals surface area contributed by atoms with Gasteiger partial charge in [0.15, 0.2) is 0 Å². The molecule has 6 atom stereocenters. The van der Waals surface area contributed by atoms with Gasteiger partial charge in [-0.3, -0.25) is 14.4 Å². The number of benzene rings is 1. The maximum atomic E-state index is 13.8. The van der Waals surface area contributed by atoms with Crippen LogP contribution in [0.25, 0.3) is 0 Å². The molecule has 1 rings (SSSR count). The Morgan fingerprint density at radius 1 is 0.951 bits per heavy atom. The summed E-state index contributed by atoms with van der Waals surface area (Å²) in [4.78, 5) is 55.0. The third-order valence-electron chi connectivity index (χ3n) is 7.71. The Morgan fingerprint density at radius 2 is 1.54 bits per heavy atom. The molecule has 232 valence electrons. The van der Waals surface area contributed by atoms with E-state index in [0.29, 0.717) is 18.4 Å². The number of phenols is 1. The van der Waals surface area contributed by atoms with E-state index < -0.39 is 54.0 Å². The molecule has 6 N–H and O–H groups in total. The molecule has 0 aliphatic carbocycles. The van der Waals surface area contributed by atoms with E-state index in [2.05, 4.69) is 5.32 Å². The van der Waals surface area contributed by atoms with Crippen LogP contribution >= 0.6 is 0 Å². The summed E-state index contributed by atoms with van der Waals surface area (Å²) in [5, 5.41) is 32.6. The monoisotopic (exact) mass is 578 g/mol. The van der Waals surface area contributed by atoms with Crippen molar-refractivity contribution in [1.82, 2.24) is 15.1 Å². The van der Waals surface area contributed by atoms with Gasteiger partial charge in [0.05, 0.1) is 0 Å². The zero-order valence-corrected chi connectivity index (χ0v) is 25.5. The van der Waals surface area contributed by atoms with E-state index in [1.54, 1.807) is 32.9 Å². The van der Waals surface area contributed by atoms with Crippen LogP contribution in [-0.2, 0) is 25.6 Å². The third-order valence-corrected chi connectivity index (χ3v) is 7.71. The van der Waals surface area contributed by atoms with Crippen LogP contribution in [0.15, 0.2) is 24.3 Å². The Hall–Kier alpha value is -3.18. The molecular weight excluding hydrogens is 528 g/mol. The highest BCUT2D eigenvalue weighted by Crippen LogP contribution is 2.21. The number of nitrogens with zero attached hydrogens (tertiary/aromatic N) is 2. The van der Waals surface area contributed by atoms with Gasteiger partial charge in [-0.1, -0.05) is 72.4 Å². The number of nitrogens with two attached hydrogens (primary N) is 1. The number of hydrogen-bond donors (Lipinski definition) is 5. The zero-order valence-electron chi connectivity index (χ0n) is 25.5. The van der Waals surface area contributed by atoms with Crippen molar-refractivity contribution in [3.05, 3.63) is 29.8 Å². The van der Waals surface area contributed by atoms with Crippen LogP contribution in [0.3, 0.4) is 0 Å². The number of hydrogen-bond acceptors (Lipinski definition) is 7. The predicted octanol–water partition coefficient (Wildman–Crippen LogP) is 2.13. The summed E-state index contributed by atoms with van der Waals surface area (Å²) in [7, 11) is 2.86. The largest absolute Gasteiger partial charge is 0.508 e. The second-order valence-corrected chi connectivity index (χ2v) is 11.3. The lowest BCUT2D eigenvalue weighted by Gasteiger charge is -2.38. The maximum absolute atomic E-state index is 13.8. The predicted molar refractivity (Wildman–Crippen MR) is 157 cm³/mol. The highest BCUT2D eigenvalue weighted by atomic mass is 16.4. The van der Waals surface area contributed by atoms with E-state index in [-0.39, 0.29) is 24.0 Å². The zero-order chi connectivity index (χ0) is 31.4. The number of aliphatic carboxylic acids is 1. The van der Waals surface area contributed by atoms with Crippen molar-refractivity contribution in [2.75, 3.05) is 14.1 Å². The van der Waals surface area contributed by atoms with E-state index >= 15 is 0 Å². The molecule has 0 aliphatic rings. The van der Waals surface area contributed by atoms with E-state index in [1.165, 1.54) is 31.1 Å². The number of aliphatic hydroxyl groups is 1. The van der Waals surface area contributed by atoms with E-state index in [1.807, 2.05) is 13.8 Å². The van der Waals surface area contributed by atoms with Gasteiger partial charge in [0.1, 0.15) is 30.0 Å². The third kappa shape index (κ3) is 10.3. The fourth-order valence-corrected chi connectivity index (χ4v) is 4.71. The van der Waals surface area contributed by atoms with Crippen molar-refractivity contribution in [3.8, 4) is 5.75 Å². The molecular formula is C30H50N4O7. The minimum absolute atomic E-state index is 0.00379. The SMILES string of the molecule is CCCCC[C@H](N)[C@H](O)C(=O)N[C@H](C(=O)N(C)C(C(=O)N(C)[C@@H](Cc1ccc(O)cc1)C(=O)O)[C@@H](C)CC)C(C)C. The molecule has 1 aromatic carbocycles. The molecule has 0 bridgehead atoms. The van der Waals surface area contributed by atoms with Gasteiger partial charge in [-0.25, -0.2) is 4.79 Å². The summed E-state index contributed by atoms with van der Waals surface area (Å²) in [5.41, 5.74) is 6.64. The lowest BCUT2D eigenvalue weighted by molar-refractivity contribution is -0.155. The standard InChI is InChI=1S/C30H50N4O7/c1-8-10-11-12-22(31)26(36)27(37)32-24(18(3)4)28(38)34(7)25(19(5)9-2)29(39)33(6)23(30(40)41)17-20-13-15-21(35)16-14-20/h13-16,18-19,22-26,35-36H,8-12,17,31H2,1-7H3,(H,32,37)(H,40,41)/t19-,22-,23-,24-,25?,26-/m0/s1. The van der Waals surface area contributed by atoms with Crippen LogP contribution in [0, 0.1) is 11.8 Å². The number of aliphatic hydroxyl groups excluding tert-OH is 1. The molecule has 0 heterocycles. The molecule has 3 amide bonds. The normalized spacial score (nSPS) is 15.8. The molecule has 11 heteroatoms. The first kappa shape index (κ1) is 35.8. The Labute approximate surface area is 244 Å². The lowest BCUT2D eigenvalue weighted by atomic mass is 9.93. The second kappa shape index (κ2) is 16.9. The maximum Gasteiger partial charge on any atom is 0.326 e. The summed E-state index contributed by atoms with van der Waals surface area (Å²) >= 11 is 0. The summed E-state index contributed by atoms with van der Waals surface area (Å²) in [6, 6.07) is 2.04. The number of carboxylic acids is 1. The van der Waals surface area contributed by atoms with Gasteiger partial charge in [0.25, 0.3) is 5.91 Å². The van der Waals surface area contributed by atoms with E-state index in [9.17, 15) is 34.5 Å². The first-order valence-corrected chi connectivity index (χ1v) is 14.5. The molecule has 11 nitrogen and oxygen atoms in total. The van der Waals surface area contributed by atoms with Crippen LogP contribution in [0.5, 0.6) is 5.75 Å². The highest BCUT2D eigenvalue weighted by Gasteiger charge is 2.40. The molecule has 1 unspecified atom stereocenters. The Balaban J connectivity index is 3.18. The van der Waals surface area contributed by atoms with Crippen molar-refractivity contribution < 1.29 is 34.5 Å². The van der Waals surface area contributed by atoms with Gasteiger partial charge in [-0.15, -0.1) is 0 Å². The molecule has 0 saturated carbocycles. The fourth-order valence-electron chi connectivity index (χ4n) is 4.71. The van der Waals surface area contributed by atoms with Gasteiger partial charge in [0, 0.05) is 26.6 Å². The minimum Gasteiger partial charge on any atom is -0.508 e. The molecule has 0 aromatic heterocycles. The topological polar surface area (TPSA) is 173 Å². The number of unbranched alkanes of at least 4 members (excludes halogenated alkanes) is 2. The average Bonchev–Trinajstić information content (AvgIpc) is 2.93. The Kier molecular flexibility index (Phi) is 14.8. The Morgan fingerprint density at radius 3 is 2.02 bits per heavy atom. The quantitative estimate of drug-likeness (QED) is 0.175. The van der Waals surface area contributed by atoms with Crippen molar-refractivity contribution >= 4 is 23.7 Å². The summed E-state index contributed by atoms with van der Waals surface area (Å²) < 4.78 is 0. The number of amides is 3. The van der Waals surface area contributed by atoms with Crippen molar-refractivity contribution in [2.45, 2.75) is 103 Å². The number of carbonyl (C=O) groups excluding carboxylic acids is 3. The molecule has 0 saturated heterocycles. The summed E-state index contributed by atoms with van der Waals surface area (Å²) in [6.07, 6.45) is 2.19. The van der Waals surface area contributed by atoms with Gasteiger partial charge in [-0.2, -0.15) is 0 Å². The first-order chi connectivity index (χ1) is 19.2. The van der Waals surface area contributed by atoms with Gasteiger partial charge >= 0.3 is 5.97 Å². The van der Waals surface area contributed by atoms with E-state index in [0.717, 1.165) is 24.2 Å².